The first kappa shape index (κ1) is 36.8. The lowest BCUT2D eigenvalue weighted by molar-refractivity contribution is 0.411. The van der Waals surface area contributed by atoms with E-state index < -0.39 is 10.8 Å². The van der Waals surface area contributed by atoms with Gasteiger partial charge in [0.05, 0.1) is 5.41 Å². The van der Waals surface area contributed by atoms with Crippen molar-refractivity contribution in [1.29, 1.82) is 21.0 Å². The fourth-order valence-corrected chi connectivity index (χ4v) is 27.1. The van der Waals surface area contributed by atoms with Crippen LogP contribution < -0.4 is 15.3 Å². The molecule has 0 atom stereocenters. The summed E-state index contributed by atoms with van der Waals surface area (Å²) in [6, 6.07) is 26.7. The van der Waals surface area contributed by atoms with E-state index in [-0.39, 0.29) is 11.1 Å². The quantitative estimate of drug-likeness (QED) is 0.129. The van der Waals surface area contributed by atoms with E-state index in [2.05, 4.69) is 86.6 Å². The average molecular weight is 1080 g/mol. The molecule has 5 heteroatoms. The molecule has 0 amide bonds. The molecule has 5 nitrogen and oxygen atoms in total. The van der Waals surface area contributed by atoms with E-state index in [1.807, 2.05) is 12.1 Å². The second-order valence-electron chi connectivity index (χ2n) is 29.6. The van der Waals surface area contributed by atoms with Gasteiger partial charge < -0.3 is 4.90 Å². The maximum atomic E-state index is 12.5. The summed E-state index contributed by atoms with van der Waals surface area (Å²) in [5, 5.41) is 128. The summed E-state index contributed by atoms with van der Waals surface area (Å²) in [4.78, 5) is 2.13. The highest BCUT2D eigenvalue weighted by molar-refractivity contribution is 6.82. The third kappa shape index (κ3) is 2.26. The van der Waals surface area contributed by atoms with Gasteiger partial charge in [0, 0.05) is 36.0 Å². The van der Waals surface area contributed by atoms with Gasteiger partial charge in [0.2, 0.25) is 0 Å². The van der Waals surface area contributed by atoms with E-state index in [1.54, 1.807) is 64.6 Å². The van der Waals surface area contributed by atoms with E-state index in [9.17, 15) is 21.0 Å². The molecule has 0 unspecified atom stereocenters. The summed E-state index contributed by atoms with van der Waals surface area (Å²) in [5.41, 5.74) is 7.29. The average Bonchev–Trinajstić information content (AvgIpc) is 1.38. The van der Waals surface area contributed by atoms with Gasteiger partial charge in [0.1, 0.15) is 35.4 Å². The Hall–Kier alpha value is -11.9. The van der Waals surface area contributed by atoms with Crippen molar-refractivity contribution in [2.45, 2.75) is 17.8 Å². The normalized spacial score (nSPS) is 19.1. The lowest BCUT2D eigenvalue weighted by atomic mass is 9.45. The van der Waals surface area contributed by atoms with Crippen LogP contribution in [-0.4, -0.2) is 14.1 Å². The zero-order chi connectivity index (χ0) is 55.2. The molecule has 88 heavy (non-hydrogen) atoms. The molecule has 0 bridgehead atoms. The lowest BCUT2D eigenvalue weighted by Crippen LogP contribution is -2.52. The molecule has 4 aliphatic carbocycles. The lowest BCUT2D eigenvalue weighted by Gasteiger charge is -2.54. The van der Waals surface area contributed by atoms with Gasteiger partial charge in [-0.1, -0.05) is 36.4 Å². The van der Waals surface area contributed by atoms with Gasteiger partial charge >= 0.3 is 0 Å². The van der Waals surface area contributed by atoms with Crippen LogP contribution in [0.2, 0.25) is 0 Å². The van der Waals surface area contributed by atoms with Crippen molar-refractivity contribution in [2.75, 3.05) is 19.0 Å². The second kappa shape index (κ2) is 9.09. The first-order valence-corrected chi connectivity index (χ1v) is 31.2. The molecule has 374 valence electrons. The molecule has 0 aromatic heterocycles. The fraction of sp³-hybridized carbons (Fsp3) is 0.0602. The highest BCUT2D eigenvalue weighted by Crippen LogP contribution is 2.85. The van der Waals surface area contributed by atoms with Crippen LogP contribution in [-0.2, 0) is 10.8 Å². The van der Waals surface area contributed by atoms with Gasteiger partial charge in [-0.2, -0.15) is 21.0 Å². The van der Waals surface area contributed by atoms with E-state index >= 15 is 0 Å². The van der Waals surface area contributed by atoms with Crippen molar-refractivity contribution in [3.8, 4) is 24.3 Å². The highest BCUT2D eigenvalue weighted by Gasteiger charge is 2.70. The van der Waals surface area contributed by atoms with Crippen molar-refractivity contribution >= 4 is 308 Å². The number of anilines is 1. The smallest absolute Gasteiger partial charge is 0.136 e. The summed E-state index contributed by atoms with van der Waals surface area (Å²) >= 11 is 0. The number of hydrogen-bond acceptors (Lipinski definition) is 5. The van der Waals surface area contributed by atoms with E-state index in [0.717, 1.165) is 27.6 Å². The molecule has 30 aromatic carbocycles. The molecule has 0 aliphatic heterocycles. The van der Waals surface area contributed by atoms with Crippen LogP contribution in [0.25, 0.3) is 302 Å². The van der Waals surface area contributed by atoms with Crippen molar-refractivity contribution in [3.63, 3.8) is 0 Å². The highest BCUT2D eigenvalue weighted by atomic mass is 15.1. The molecular formula is C83H17N5. The van der Waals surface area contributed by atoms with Crippen LogP contribution in [0.1, 0.15) is 34.7 Å². The Kier molecular flexibility index (Phi) is 3.80. The number of hydrogen-bond donors (Lipinski definition) is 0. The summed E-state index contributed by atoms with van der Waals surface area (Å²) in [5.74, 6) is 0. The monoisotopic (exact) mass is 1080 g/mol. The van der Waals surface area contributed by atoms with E-state index in [1.165, 1.54) is 248 Å². The van der Waals surface area contributed by atoms with Crippen LogP contribution in [0, 0.1) is 45.3 Å². The van der Waals surface area contributed by atoms with Crippen molar-refractivity contribution < 1.29 is 0 Å². The summed E-state index contributed by atoms with van der Waals surface area (Å²) in [6.45, 7) is 2.66. The molecule has 0 fully saturated rings. The molecule has 0 heterocycles. The molecular weight excluding hydrogens is 1070 g/mol. The minimum absolute atomic E-state index is 0.0463. The Morgan fingerprint density at radius 2 is 0.511 bits per heavy atom. The summed E-state index contributed by atoms with van der Waals surface area (Å²) in [6.07, 6.45) is 0. The number of benzene rings is 20. The molecule has 34 rings (SSSR count). The van der Waals surface area contributed by atoms with Gasteiger partial charge in [-0.3, -0.25) is 0 Å². The van der Waals surface area contributed by atoms with Gasteiger partial charge in [-0.05, 0) is 349 Å². The Balaban J connectivity index is 1.01. The second-order valence-corrected chi connectivity index (χ2v) is 29.6. The van der Waals surface area contributed by atoms with Crippen LogP contribution in [0.5, 0.6) is 0 Å². The van der Waals surface area contributed by atoms with Gasteiger partial charge in [0.15, 0.2) is 0 Å². The standard InChI is InChI=1S/C83H17N5/c1-82-78-69-61-51-41-33-25-23-24-27-31-29(25)37-45-39(31)49-43-35(27)36-28(24)32-30-26(23)34(33)42-48-38(30)46-40(32)50-44(36)54-53(43)65-59(49)67-57(45)63(55(61)47(37)41)71(78)73(67)80-75(65)76-66(54)60(50)68-58(46)64-56(48)62(52(42)51)70(69)79(82)72(64)74(68)81(76)83(80,82)77(20(14-86)15-87)22(18-8-10-21(11-9-18)88(2)3)17-6-4-16(5-7-17)19(12-84)13-85/h4-11H,1-3H3. The summed E-state index contributed by atoms with van der Waals surface area (Å²) < 4.78 is 0. The van der Waals surface area contributed by atoms with Gasteiger partial charge in [-0.15, -0.1) is 0 Å². The van der Waals surface area contributed by atoms with Crippen molar-refractivity contribution in [3.05, 3.63) is 97.9 Å². The SMILES string of the molecule is CN(C)c1ccc(C(C(=C(C#N)C#N)C23c4c5c6c7c8c9c(c%10c%11c2c2c4c4c%12c5c5c6c6c8c8c%13c9c9c%10c%10c%11c%11c2c2c4c4c%12c%12c5c5c6c8c6c8c%13c9c9c%10c%10c%11c2c2c4c4c%12c5c6c5c8c9c%10c2c45)C73C)=c2ccc(=C(C#N)C#N)cc2)cc1. The Bertz CT molecular complexity index is 8570. The van der Waals surface area contributed by atoms with Crippen LogP contribution >= 0.6 is 0 Å². The van der Waals surface area contributed by atoms with Crippen molar-refractivity contribution in [2.24, 2.45) is 0 Å². The summed E-state index contributed by atoms with van der Waals surface area (Å²) in [7, 11) is 4.15. The Morgan fingerprint density at radius 3 is 0.739 bits per heavy atom. The van der Waals surface area contributed by atoms with Crippen molar-refractivity contribution in [1.82, 2.24) is 0 Å². The number of nitrogens with zero attached hydrogens (tertiary/aromatic N) is 5. The van der Waals surface area contributed by atoms with E-state index in [0.29, 0.717) is 5.22 Å². The minimum Gasteiger partial charge on any atom is -0.378 e. The molecule has 0 radical (unpaired) electrons. The van der Waals surface area contributed by atoms with E-state index in [4.69, 9.17) is 0 Å². The molecule has 0 saturated heterocycles. The predicted octanol–water partition coefficient (Wildman–Crippen LogP) is 18.8. The third-order valence-electron chi connectivity index (χ3n) is 28.2. The maximum Gasteiger partial charge on any atom is 0.136 e. The fourth-order valence-electron chi connectivity index (χ4n) is 27.1. The first-order chi connectivity index (χ1) is 43.4. The minimum atomic E-state index is -1.13. The molecule has 0 spiro atoms. The Labute approximate surface area is 484 Å². The van der Waals surface area contributed by atoms with Crippen LogP contribution in [0.3, 0.4) is 0 Å². The topological polar surface area (TPSA) is 98.4 Å². The largest absolute Gasteiger partial charge is 0.378 e. The molecule has 0 N–H and O–H groups in total. The van der Waals surface area contributed by atoms with Crippen LogP contribution in [0.4, 0.5) is 5.69 Å². The van der Waals surface area contributed by atoms with Gasteiger partial charge in [-0.25, -0.2) is 0 Å². The van der Waals surface area contributed by atoms with Crippen LogP contribution in [0.15, 0.2) is 59.7 Å². The maximum absolute atomic E-state index is 12.5. The molecule has 30 aromatic rings. The zero-order valence-electron chi connectivity index (χ0n) is 45.9. The predicted molar refractivity (Wildman–Crippen MR) is 361 cm³/mol. The first-order valence-electron chi connectivity index (χ1n) is 31.2. The Morgan fingerprint density at radius 1 is 0.284 bits per heavy atom. The zero-order valence-corrected chi connectivity index (χ0v) is 45.9. The van der Waals surface area contributed by atoms with Gasteiger partial charge in [0.25, 0.3) is 0 Å². The number of allylic oxidation sites excluding steroid dienone is 2. The third-order valence-corrected chi connectivity index (χ3v) is 28.2. The molecule has 4 aliphatic rings. The molecule has 0 saturated carbocycles. The number of nitriles is 4. The number of rotatable bonds is 4.